The molecule has 1 heterocycles. The van der Waals surface area contributed by atoms with Gasteiger partial charge in [0.1, 0.15) is 22.4 Å². The minimum absolute atomic E-state index is 0.00281. The molecule has 3 aromatic rings. The van der Waals surface area contributed by atoms with Gasteiger partial charge in [-0.1, -0.05) is 35.6 Å². The number of carbonyl (C=O) groups is 1. The molecule has 15 heteroatoms. The molecule has 196 valence electrons. The Hall–Kier alpha value is -2.75. The van der Waals surface area contributed by atoms with Crippen LogP contribution in [0.3, 0.4) is 0 Å². The van der Waals surface area contributed by atoms with E-state index in [-0.39, 0.29) is 31.0 Å². The van der Waals surface area contributed by atoms with Crippen LogP contribution in [0.1, 0.15) is 10.6 Å². The first-order valence-corrected chi connectivity index (χ1v) is 14.9. The number of benzene rings is 2. The minimum Gasteiger partial charge on any atom is -0.450 e. The second-order valence-electron chi connectivity index (χ2n) is 7.25. The molecular formula is C22H18BrF3N4O4S3. The summed E-state index contributed by atoms with van der Waals surface area (Å²) < 4.78 is 69.6. The van der Waals surface area contributed by atoms with Gasteiger partial charge < -0.3 is 10.5 Å². The van der Waals surface area contributed by atoms with Crippen LogP contribution in [0, 0.1) is 0 Å². The molecule has 1 aromatic heterocycles. The number of nitrogens with two attached hydrogens (primary N) is 1. The van der Waals surface area contributed by atoms with Crippen molar-refractivity contribution >= 4 is 66.2 Å². The number of para-hydroxylation sites is 1. The van der Waals surface area contributed by atoms with Crippen LogP contribution in [0.4, 0.5) is 18.9 Å². The van der Waals surface area contributed by atoms with E-state index >= 15 is 0 Å². The molecule has 0 fully saturated rings. The largest absolute Gasteiger partial charge is 0.450 e. The van der Waals surface area contributed by atoms with E-state index in [1.54, 1.807) is 12.3 Å². The van der Waals surface area contributed by atoms with Gasteiger partial charge in [0.05, 0.1) is 20.6 Å². The standard InChI is InChI=1S/C22H18BrF3N4O4S3/c1-35-11-34-21(31)17(27)16(23)18(28-15-9-4-3-8-14(15)22(24,25)26)20-30-29-19(36-20)12-6-5-7-13(10-12)37(2,32)33/h3-10H,11,27H2,1-2H3. The maximum absolute atomic E-state index is 13.6. The maximum atomic E-state index is 13.6. The lowest BCUT2D eigenvalue weighted by Gasteiger charge is -2.11. The number of allylic oxidation sites excluding steroid dienone is 1. The molecule has 8 nitrogen and oxygen atoms in total. The molecule has 0 aliphatic heterocycles. The topological polar surface area (TPSA) is 125 Å². The Morgan fingerprint density at radius 1 is 1.19 bits per heavy atom. The quantitative estimate of drug-likeness (QED) is 0.156. The highest BCUT2D eigenvalue weighted by Gasteiger charge is 2.34. The van der Waals surface area contributed by atoms with Gasteiger partial charge in [-0.2, -0.15) is 13.2 Å². The van der Waals surface area contributed by atoms with Crippen molar-refractivity contribution in [3.05, 3.63) is 69.3 Å². The van der Waals surface area contributed by atoms with Gasteiger partial charge in [0.15, 0.2) is 14.8 Å². The molecule has 0 aliphatic rings. The second-order valence-corrected chi connectivity index (χ2v) is 11.9. The molecule has 0 unspecified atom stereocenters. The number of sulfone groups is 1. The SMILES string of the molecule is CSCOC(=O)C(N)=C(Br)C(=Nc1ccccc1C(F)(F)F)c1nnc(-c2cccc(S(C)(=O)=O)c2)s1. The van der Waals surface area contributed by atoms with Crippen molar-refractivity contribution in [2.75, 3.05) is 18.5 Å². The molecule has 2 N–H and O–H groups in total. The summed E-state index contributed by atoms with van der Waals surface area (Å²) in [6, 6.07) is 10.6. The molecule has 0 radical (unpaired) electrons. The molecule has 0 bridgehead atoms. The zero-order valence-electron chi connectivity index (χ0n) is 19.1. The minimum atomic E-state index is -4.71. The Bertz CT molecular complexity index is 1490. The Balaban J connectivity index is 2.19. The number of aliphatic imine (C=N–C) groups is 1. The number of thioether (sulfide) groups is 1. The number of esters is 1. The first-order valence-electron chi connectivity index (χ1n) is 10.0. The first-order chi connectivity index (χ1) is 17.3. The predicted octanol–water partition coefficient (Wildman–Crippen LogP) is 5.18. The van der Waals surface area contributed by atoms with Crippen molar-refractivity contribution in [3.63, 3.8) is 0 Å². The van der Waals surface area contributed by atoms with Crippen LogP contribution >= 0.6 is 39.0 Å². The molecule has 37 heavy (non-hydrogen) atoms. The predicted molar refractivity (Wildman–Crippen MR) is 141 cm³/mol. The van der Waals surface area contributed by atoms with Crippen LogP contribution in [0.2, 0.25) is 0 Å². The second kappa shape index (κ2) is 11.8. The molecule has 0 atom stereocenters. The number of hydrogen-bond acceptors (Lipinski definition) is 10. The van der Waals surface area contributed by atoms with Crippen molar-refractivity contribution in [1.82, 2.24) is 10.2 Å². The molecule has 0 amide bonds. The molecular weight excluding hydrogens is 617 g/mol. The third-order valence-corrected chi connectivity index (χ3v) is 7.80. The Kier molecular flexibility index (Phi) is 9.15. The summed E-state index contributed by atoms with van der Waals surface area (Å²) in [4.78, 5) is 16.5. The highest BCUT2D eigenvalue weighted by molar-refractivity contribution is 9.12. The molecule has 0 saturated carbocycles. The monoisotopic (exact) mass is 634 g/mol. The van der Waals surface area contributed by atoms with Gasteiger partial charge >= 0.3 is 12.1 Å². The van der Waals surface area contributed by atoms with Gasteiger partial charge in [0.25, 0.3) is 0 Å². The Morgan fingerprint density at radius 2 is 1.89 bits per heavy atom. The Morgan fingerprint density at radius 3 is 2.54 bits per heavy atom. The van der Waals surface area contributed by atoms with Crippen molar-refractivity contribution in [2.45, 2.75) is 11.1 Å². The van der Waals surface area contributed by atoms with Gasteiger partial charge in [0.2, 0.25) is 0 Å². The lowest BCUT2D eigenvalue weighted by atomic mass is 10.1. The summed E-state index contributed by atoms with van der Waals surface area (Å²) in [5, 5.41) is 8.36. The number of hydrogen-bond donors (Lipinski definition) is 1. The van der Waals surface area contributed by atoms with Gasteiger partial charge in [-0.15, -0.1) is 22.0 Å². The van der Waals surface area contributed by atoms with Gasteiger partial charge in [-0.3, -0.25) is 0 Å². The van der Waals surface area contributed by atoms with E-state index in [9.17, 15) is 26.4 Å². The maximum Gasteiger partial charge on any atom is 0.418 e. The number of alkyl halides is 3. The first kappa shape index (κ1) is 28.8. The highest BCUT2D eigenvalue weighted by Crippen LogP contribution is 2.37. The van der Waals surface area contributed by atoms with E-state index in [0.29, 0.717) is 5.56 Å². The molecule has 0 spiro atoms. The van der Waals surface area contributed by atoms with Gasteiger partial charge in [-0.25, -0.2) is 18.2 Å². The summed E-state index contributed by atoms with van der Waals surface area (Å²) in [5.74, 6) is -0.911. The van der Waals surface area contributed by atoms with Crippen LogP contribution in [-0.4, -0.2) is 48.7 Å². The Labute approximate surface area is 226 Å². The summed E-state index contributed by atoms with van der Waals surface area (Å²) in [7, 11) is -3.50. The number of halogens is 4. The van der Waals surface area contributed by atoms with Crippen molar-refractivity contribution in [3.8, 4) is 10.6 Å². The fourth-order valence-corrected chi connectivity index (χ4v) is 5.12. The highest BCUT2D eigenvalue weighted by atomic mass is 79.9. The fourth-order valence-electron chi connectivity index (χ4n) is 2.82. The van der Waals surface area contributed by atoms with Crippen LogP contribution in [0.5, 0.6) is 0 Å². The zero-order valence-corrected chi connectivity index (χ0v) is 23.1. The van der Waals surface area contributed by atoms with Crippen LogP contribution in [-0.2, 0) is 25.5 Å². The average Bonchev–Trinajstić information content (AvgIpc) is 3.34. The summed E-state index contributed by atoms with van der Waals surface area (Å²) in [5.41, 5.74) is 4.26. The third kappa shape index (κ3) is 7.18. The number of aromatic nitrogens is 2. The number of ether oxygens (including phenoxy) is 1. The fraction of sp³-hybridized carbons (Fsp3) is 0.182. The normalized spacial score (nSPS) is 13.3. The number of carbonyl (C=O) groups excluding carboxylic acids is 1. The zero-order chi connectivity index (χ0) is 27.4. The third-order valence-electron chi connectivity index (χ3n) is 4.55. The molecule has 0 saturated heterocycles. The summed E-state index contributed by atoms with van der Waals surface area (Å²) >= 11 is 5.31. The summed E-state index contributed by atoms with van der Waals surface area (Å²) in [6.07, 6.45) is -1.95. The van der Waals surface area contributed by atoms with Crippen molar-refractivity contribution < 1.29 is 31.1 Å². The van der Waals surface area contributed by atoms with Gasteiger partial charge in [-0.05, 0) is 46.5 Å². The van der Waals surface area contributed by atoms with E-state index in [4.69, 9.17) is 10.5 Å². The van der Waals surface area contributed by atoms with Crippen molar-refractivity contribution in [1.29, 1.82) is 0 Å². The van der Waals surface area contributed by atoms with Crippen LogP contribution in [0.25, 0.3) is 10.6 Å². The molecule has 0 aliphatic carbocycles. The smallest absolute Gasteiger partial charge is 0.418 e. The van der Waals surface area contributed by atoms with Crippen molar-refractivity contribution in [2.24, 2.45) is 10.7 Å². The van der Waals surface area contributed by atoms with Crippen LogP contribution in [0.15, 0.2) is 68.6 Å². The van der Waals surface area contributed by atoms with E-state index < -0.39 is 38.9 Å². The molecule has 2 aromatic carbocycles. The van der Waals surface area contributed by atoms with E-state index in [0.717, 1.165) is 29.7 Å². The van der Waals surface area contributed by atoms with E-state index in [1.165, 1.54) is 42.1 Å². The lowest BCUT2D eigenvalue weighted by molar-refractivity contribution is -0.137. The lowest BCUT2D eigenvalue weighted by Crippen LogP contribution is -2.19. The van der Waals surface area contributed by atoms with Gasteiger partial charge in [0, 0.05) is 11.8 Å². The van der Waals surface area contributed by atoms with E-state index in [1.807, 2.05) is 0 Å². The number of rotatable bonds is 8. The summed E-state index contributed by atoms with van der Waals surface area (Å²) in [6.45, 7) is 0. The van der Waals surface area contributed by atoms with Crippen LogP contribution < -0.4 is 5.73 Å². The van der Waals surface area contributed by atoms with E-state index in [2.05, 4.69) is 31.1 Å². The molecule has 3 rings (SSSR count). The average molecular weight is 636 g/mol. The number of nitrogens with zero attached hydrogens (tertiary/aromatic N) is 3.